The number of ether oxygens (including phenoxy) is 3. The lowest BCUT2D eigenvalue weighted by Crippen LogP contribution is -2.44. The monoisotopic (exact) mass is 609 g/mol. The molecule has 9 nitrogen and oxygen atoms in total. The summed E-state index contributed by atoms with van der Waals surface area (Å²) in [5, 5.41) is 0. The van der Waals surface area contributed by atoms with Crippen molar-refractivity contribution in [1.29, 1.82) is 0 Å². The zero-order valence-corrected chi connectivity index (χ0v) is 28.1. The molecule has 0 aromatic rings. The number of carbonyl (C=O) groups excluding carboxylic acids is 5. The largest absolute Gasteiger partial charge is 0.465 e. The average molecular weight is 610 g/mol. The summed E-state index contributed by atoms with van der Waals surface area (Å²) in [4.78, 5) is 64.7. The molecule has 0 aromatic carbocycles. The summed E-state index contributed by atoms with van der Waals surface area (Å²) in [6, 6.07) is -0.190. The van der Waals surface area contributed by atoms with E-state index < -0.39 is 22.8 Å². The number of esters is 3. The molecule has 1 aliphatic heterocycles. The van der Waals surface area contributed by atoms with Crippen LogP contribution in [0.5, 0.6) is 0 Å². The van der Waals surface area contributed by atoms with Crippen molar-refractivity contribution in [3.05, 3.63) is 0 Å². The second-order valence-corrected chi connectivity index (χ2v) is 13.1. The van der Waals surface area contributed by atoms with Crippen LogP contribution < -0.4 is 0 Å². The van der Waals surface area contributed by atoms with Crippen LogP contribution in [0.25, 0.3) is 0 Å². The molecule has 1 saturated heterocycles. The van der Waals surface area contributed by atoms with Crippen LogP contribution >= 0.6 is 0 Å². The Morgan fingerprint density at radius 2 is 1.51 bits per heavy atom. The van der Waals surface area contributed by atoms with Crippen LogP contribution in [-0.2, 0) is 38.2 Å². The van der Waals surface area contributed by atoms with E-state index in [2.05, 4.69) is 13.8 Å². The van der Waals surface area contributed by atoms with Crippen molar-refractivity contribution >= 4 is 29.6 Å². The molecule has 0 bridgehead atoms. The van der Waals surface area contributed by atoms with Gasteiger partial charge in [0.2, 0.25) is 5.91 Å². The molecule has 0 radical (unpaired) electrons. The fourth-order valence-electron chi connectivity index (χ4n) is 5.94. The molecule has 0 saturated carbocycles. The van der Waals surface area contributed by atoms with Gasteiger partial charge in [-0.25, -0.2) is 0 Å². The highest BCUT2D eigenvalue weighted by Crippen LogP contribution is 2.40. The lowest BCUT2D eigenvalue weighted by atomic mass is 9.72. The molecule has 9 heteroatoms. The quantitative estimate of drug-likeness (QED) is 0.0620. The summed E-state index contributed by atoms with van der Waals surface area (Å²) in [5.41, 5.74) is -1.75. The number of amides is 1. The number of ketones is 1. The van der Waals surface area contributed by atoms with E-state index in [1.807, 2.05) is 32.6 Å². The zero-order valence-electron chi connectivity index (χ0n) is 28.1. The van der Waals surface area contributed by atoms with Crippen molar-refractivity contribution < 1.29 is 38.2 Å². The standard InChI is InChI=1S/C34H59NO8/c1-8-11-15-28(10-3)25-43-31(39)33(6,17-9-2)18-19-34(7,24-26(4)35-20-14-12-13-16-29(35)37)32(40)42-22-21-41-30(38)23-27(5)36/h26,28H,8-25H2,1-7H3. The van der Waals surface area contributed by atoms with Gasteiger partial charge in [-0.3, -0.25) is 24.0 Å². The van der Waals surface area contributed by atoms with Gasteiger partial charge in [-0.1, -0.05) is 52.9 Å². The Hall–Kier alpha value is -2.45. The zero-order chi connectivity index (χ0) is 32.5. The molecule has 0 N–H and O–H groups in total. The van der Waals surface area contributed by atoms with Gasteiger partial charge in [0.25, 0.3) is 0 Å². The van der Waals surface area contributed by atoms with Crippen LogP contribution in [0.15, 0.2) is 0 Å². The maximum atomic E-state index is 13.6. The molecule has 0 spiro atoms. The number of Topliss-reactive ketones (excluding diaryl/α,β-unsaturated/α-hetero) is 1. The van der Waals surface area contributed by atoms with E-state index in [-0.39, 0.29) is 43.3 Å². The van der Waals surface area contributed by atoms with Crippen molar-refractivity contribution in [3.8, 4) is 0 Å². The first kappa shape index (κ1) is 38.6. The number of carbonyl (C=O) groups is 5. The van der Waals surface area contributed by atoms with Gasteiger partial charge in [0.05, 0.1) is 17.4 Å². The molecule has 43 heavy (non-hydrogen) atoms. The fraction of sp³-hybridized carbons (Fsp3) is 0.853. The third kappa shape index (κ3) is 13.8. The number of likely N-dealkylation sites (tertiary alicyclic amines) is 1. The summed E-state index contributed by atoms with van der Waals surface area (Å²) >= 11 is 0. The molecule has 4 atom stereocenters. The van der Waals surface area contributed by atoms with E-state index in [0.717, 1.165) is 51.4 Å². The van der Waals surface area contributed by atoms with Gasteiger partial charge in [-0.15, -0.1) is 0 Å². The fourth-order valence-corrected chi connectivity index (χ4v) is 5.94. The lowest BCUT2D eigenvalue weighted by molar-refractivity contribution is -0.164. The second kappa shape index (κ2) is 19.8. The van der Waals surface area contributed by atoms with Gasteiger partial charge in [-0.05, 0) is 78.6 Å². The minimum absolute atomic E-state index is 0.103. The Bertz CT molecular complexity index is 905. The molecule has 248 valence electrons. The van der Waals surface area contributed by atoms with Gasteiger partial charge >= 0.3 is 17.9 Å². The van der Waals surface area contributed by atoms with Gasteiger partial charge < -0.3 is 19.1 Å². The normalized spacial score (nSPS) is 18.0. The van der Waals surface area contributed by atoms with E-state index >= 15 is 0 Å². The number of nitrogens with zero attached hydrogens (tertiary/aromatic N) is 1. The Kier molecular flexibility index (Phi) is 17.7. The van der Waals surface area contributed by atoms with Crippen molar-refractivity contribution in [2.45, 2.75) is 144 Å². The molecule has 0 aromatic heterocycles. The predicted molar refractivity (Wildman–Crippen MR) is 166 cm³/mol. The molecule has 0 aliphatic carbocycles. The van der Waals surface area contributed by atoms with Gasteiger partial charge in [0.1, 0.15) is 25.4 Å². The van der Waals surface area contributed by atoms with Gasteiger partial charge in [0.15, 0.2) is 0 Å². The molecule has 1 amide bonds. The van der Waals surface area contributed by atoms with Crippen molar-refractivity contribution in [3.63, 3.8) is 0 Å². The second-order valence-electron chi connectivity index (χ2n) is 13.1. The van der Waals surface area contributed by atoms with Crippen molar-refractivity contribution in [2.24, 2.45) is 16.7 Å². The molecule has 1 heterocycles. The van der Waals surface area contributed by atoms with E-state index in [0.29, 0.717) is 51.2 Å². The van der Waals surface area contributed by atoms with E-state index in [9.17, 15) is 24.0 Å². The molecule has 4 unspecified atom stereocenters. The van der Waals surface area contributed by atoms with Gasteiger partial charge in [-0.2, -0.15) is 0 Å². The maximum Gasteiger partial charge on any atom is 0.313 e. The lowest BCUT2D eigenvalue weighted by Gasteiger charge is -2.37. The van der Waals surface area contributed by atoms with Crippen LogP contribution in [0.3, 0.4) is 0 Å². The first-order chi connectivity index (χ1) is 20.3. The Balaban J connectivity index is 3.05. The Labute approximate surface area is 260 Å². The third-order valence-corrected chi connectivity index (χ3v) is 8.87. The number of unbranched alkanes of at least 4 members (excludes halogenated alkanes) is 1. The average Bonchev–Trinajstić information content (AvgIpc) is 3.18. The summed E-state index contributed by atoms with van der Waals surface area (Å²) < 4.78 is 16.5. The topological polar surface area (TPSA) is 116 Å². The van der Waals surface area contributed by atoms with Crippen LogP contribution in [-0.4, -0.2) is 66.9 Å². The molecule has 1 rings (SSSR count). The smallest absolute Gasteiger partial charge is 0.313 e. The van der Waals surface area contributed by atoms with E-state index in [1.165, 1.54) is 6.92 Å². The van der Waals surface area contributed by atoms with Crippen LogP contribution in [0.1, 0.15) is 138 Å². The highest BCUT2D eigenvalue weighted by Gasteiger charge is 2.43. The van der Waals surface area contributed by atoms with Crippen LogP contribution in [0.2, 0.25) is 0 Å². The van der Waals surface area contributed by atoms with Crippen molar-refractivity contribution in [1.82, 2.24) is 4.90 Å². The highest BCUT2D eigenvalue weighted by molar-refractivity contribution is 5.94. The SMILES string of the molecule is CCCCC(CC)COC(=O)C(C)(CCC)CCC(C)(CC(C)N1CCCCCC1=O)C(=O)OCCOC(=O)CC(C)=O. The van der Waals surface area contributed by atoms with Crippen molar-refractivity contribution in [2.75, 3.05) is 26.4 Å². The highest BCUT2D eigenvalue weighted by atomic mass is 16.6. The summed E-state index contributed by atoms with van der Waals surface area (Å²) in [6.07, 6.45) is 9.82. The predicted octanol–water partition coefficient (Wildman–Crippen LogP) is 6.59. The summed E-state index contributed by atoms with van der Waals surface area (Å²) in [6.45, 7) is 14.1. The Morgan fingerprint density at radius 3 is 2.14 bits per heavy atom. The molecule has 1 fully saturated rings. The minimum atomic E-state index is -0.988. The van der Waals surface area contributed by atoms with Crippen LogP contribution in [0.4, 0.5) is 0 Å². The molecular formula is C34H59NO8. The number of hydrogen-bond acceptors (Lipinski definition) is 8. The van der Waals surface area contributed by atoms with E-state index in [1.54, 1.807) is 0 Å². The summed E-state index contributed by atoms with van der Waals surface area (Å²) in [7, 11) is 0. The summed E-state index contributed by atoms with van der Waals surface area (Å²) in [5.74, 6) is -1.20. The number of hydrogen-bond donors (Lipinski definition) is 0. The molecule has 1 aliphatic rings. The molecular weight excluding hydrogens is 550 g/mol. The first-order valence-electron chi connectivity index (χ1n) is 16.6. The van der Waals surface area contributed by atoms with E-state index in [4.69, 9.17) is 14.2 Å². The Morgan fingerprint density at radius 1 is 0.860 bits per heavy atom. The first-order valence-corrected chi connectivity index (χ1v) is 16.6. The third-order valence-electron chi connectivity index (χ3n) is 8.87. The van der Waals surface area contributed by atoms with Crippen LogP contribution in [0, 0.1) is 16.7 Å². The van der Waals surface area contributed by atoms with Gasteiger partial charge in [0, 0.05) is 19.0 Å². The number of rotatable bonds is 21. The maximum absolute atomic E-state index is 13.6. The minimum Gasteiger partial charge on any atom is -0.465 e.